The lowest BCUT2D eigenvalue weighted by Crippen LogP contribution is -2.31. The zero-order valence-corrected chi connectivity index (χ0v) is 17.8. The van der Waals surface area contributed by atoms with Gasteiger partial charge in [0.25, 0.3) is 5.56 Å². The van der Waals surface area contributed by atoms with Crippen molar-refractivity contribution in [3.8, 4) is 5.75 Å². The molecule has 1 aromatic heterocycles. The maximum Gasteiger partial charge on any atom is 0.258 e. The molecule has 1 N–H and O–H groups in total. The van der Waals surface area contributed by atoms with Crippen molar-refractivity contribution in [2.75, 3.05) is 13.2 Å². The van der Waals surface area contributed by atoms with Crippen LogP contribution in [0.2, 0.25) is 5.02 Å². The fourth-order valence-electron chi connectivity index (χ4n) is 3.13. The molecule has 0 unspecified atom stereocenters. The predicted octanol–water partition coefficient (Wildman–Crippen LogP) is 4.43. The summed E-state index contributed by atoms with van der Waals surface area (Å²) in [6, 6.07) is 12.5. The number of carbonyl (C=O) groups is 1. The molecular weight excluding hydrogens is 402 g/mol. The van der Waals surface area contributed by atoms with Crippen LogP contribution < -0.4 is 10.3 Å². The maximum absolute atomic E-state index is 12.8. The van der Waals surface area contributed by atoms with Gasteiger partial charge in [0.15, 0.2) is 0 Å². The highest BCUT2D eigenvalue weighted by Crippen LogP contribution is 2.20. The molecule has 156 valence electrons. The summed E-state index contributed by atoms with van der Waals surface area (Å²) in [5.41, 5.74) is 1.08. The summed E-state index contributed by atoms with van der Waals surface area (Å²) in [7, 11) is 0. The normalized spacial score (nSPS) is 11.2. The van der Waals surface area contributed by atoms with Gasteiger partial charge in [-0.2, -0.15) is 0 Å². The highest BCUT2D eigenvalue weighted by molar-refractivity contribution is 6.31. The van der Waals surface area contributed by atoms with E-state index < -0.39 is 0 Å². The number of rotatable bonds is 8. The Labute approximate surface area is 180 Å². The van der Waals surface area contributed by atoms with Crippen molar-refractivity contribution in [1.82, 2.24) is 14.9 Å². The van der Waals surface area contributed by atoms with Crippen LogP contribution in [0.4, 0.5) is 0 Å². The minimum Gasteiger partial charge on any atom is -0.493 e. The van der Waals surface area contributed by atoms with Crippen LogP contribution in [0.15, 0.2) is 53.3 Å². The second-order valence-corrected chi connectivity index (χ2v) is 7.17. The number of halogens is 1. The van der Waals surface area contributed by atoms with E-state index in [2.05, 4.69) is 9.97 Å². The zero-order chi connectivity index (χ0) is 21.5. The number of aromatic amines is 1. The number of hydrogen-bond donors (Lipinski definition) is 1. The van der Waals surface area contributed by atoms with E-state index in [1.807, 2.05) is 38.1 Å². The second kappa shape index (κ2) is 10.1. The molecule has 6 nitrogen and oxygen atoms in total. The van der Waals surface area contributed by atoms with Crippen molar-refractivity contribution < 1.29 is 9.53 Å². The molecular formula is C23H24ClN3O3. The molecule has 30 heavy (non-hydrogen) atoms. The lowest BCUT2D eigenvalue weighted by molar-refractivity contribution is -0.126. The van der Waals surface area contributed by atoms with Gasteiger partial charge in [0.1, 0.15) is 11.6 Å². The Balaban J connectivity index is 1.83. The molecule has 1 heterocycles. The van der Waals surface area contributed by atoms with E-state index in [4.69, 9.17) is 16.3 Å². The van der Waals surface area contributed by atoms with Gasteiger partial charge in [0, 0.05) is 23.2 Å². The number of aromatic nitrogens is 2. The van der Waals surface area contributed by atoms with Crippen LogP contribution in [-0.2, 0) is 11.3 Å². The first-order chi connectivity index (χ1) is 14.5. The van der Waals surface area contributed by atoms with Gasteiger partial charge >= 0.3 is 0 Å². The van der Waals surface area contributed by atoms with E-state index >= 15 is 0 Å². The Hall–Kier alpha value is -3.12. The molecule has 0 aliphatic carbocycles. The smallest absolute Gasteiger partial charge is 0.258 e. The van der Waals surface area contributed by atoms with Crippen LogP contribution in [0.1, 0.15) is 31.7 Å². The second-order valence-electron chi connectivity index (χ2n) is 6.74. The first-order valence-corrected chi connectivity index (χ1v) is 10.3. The molecule has 0 aliphatic rings. The summed E-state index contributed by atoms with van der Waals surface area (Å²) in [6.07, 6.45) is 4.04. The number of para-hydroxylation sites is 1. The summed E-state index contributed by atoms with van der Waals surface area (Å²) in [5, 5.41) is 0.966. The Bertz CT molecular complexity index is 1120. The first kappa shape index (κ1) is 21.6. The third-order valence-electron chi connectivity index (χ3n) is 4.49. The lowest BCUT2D eigenvalue weighted by Gasteiger charge is -2.20. The van der Waals surface area contributed by atoms with Gasteiger partial charge in [-0.1, -0.05) is 36.7 Å². The van der Waals surface area contributed by atoms with Gasteiger partial charge in [0.2, 0.25) is 5.91 Å². The number of nitrogens with zero attached hydrogens (tertiary/aromatic N) is 2. The van der Waals surface area contributed by atoms with Crippen LogP contribution >= 0.6 is 11.6 Å². The molecule has 2 aromatic carbocycles. The fraction of sp³-hybridized carbons (Fsp3) is 0.261. The van der Waals surface area contributed by atoms with Gasteiger partial charge < -0.3 is 14.6 Å². The van der Waals surface area contributed by atoms with Crippen LogP contribution in [0.5, 0.6) is 5.75 Å². The fourth-order valence-corrected chi connectivity index (χ4v) is 3.29. The molecule has 0 atom stereocenters. The molecule has 0 spiro atoms. The minimum atomic E-state index is -0.253. The van der Waals surface area contributed by atoms with Crippen LogP contribution in [-0.4, -0.2) is 33.9 Å². The Morgan fingerprint density at radius 1 is 1.23 bits per heavy atom. The number of hydrogen-bond acceptors (Lipinski definition) is 4. The zero-order valence-electron chi connectivity index (χ0n) is 17.0. The van der Waals surface area contributed by atoms with Gasteiger partial charge in [-0.25, -0.2) is 4.98 Å². The molecule has 3 aromatic rings. The number of carbonyl (C=O) groups excluding carboxylic acids is 1. The number of nitrogens with one attached hydrogen (secondary N) is 1. The van der Waals surface area contributed by atoms with E-state index in [-0.39, 0.29) is 18.0 Å². The number of benzene rings is 2. The maximum atomic E-state index is 12.8. The molecule has 3 rings (SSSR count). The molecule has 0 radical (unpaired) electrons. The van der Waals surface area contributed by atoms with Crippen molar-refractivity contribution in [1.29, 1.82) is 0 Å². The quantitative estimate of drug-likeness (QED) is 0.542. The molecule has 0 saturated heterocycles. The summed E-state index contributed by atoms with van der Waals surface area (Å²) in [5.74, 6) is 0.972. The molecule has 0 fully saturated rings. The molecule has 1 amide bonds. The van der Waals surface area contributed by atoms with E-state index in [0.717, 1.165) is 17.7 Å². The monoisotopic (exact) mass is 425 g/mol. The largest absolute Gasteiger partial charge is 0.493 e. The van der Waals surface area contributed by atoms with Gasteiger partial charge in [0.05, 0.1) is 24.1 Å². The van der Waals surface area contributed by atoms with Gasteiger partial charge in [-0.3, -0.25) is 9.59 Å². The van der Waals surface area contributed by atoms with E-state index in [0.29, 0.717) is 34.9 Å². The predicted molar refractivity (Wildman–Crippen MR) is 120 cm³/mol. The Kier molecular flexibility index (Phi) is 7.25. The summed E-state index contributed by atoms with van der Waals surface area (Å²) in [4.78, 5) is 34.1. The van der Waals surface area contributed by atoms with Crippen LogP contribution in [0, 0.1) is 0 Å². The van der Waals surface area contributed by atoms with Crippen molar-refractivity contribution in [2.45, 2.75) is 26.8 Å². The highest BCUT2D eigenvalue weighted by atomic mass is 35.5. The molecule has 7 heteroatoms. The molecule has 0 saturated carbocycles. The number of fused-ring (bicyclic) bond motifs is 1. The minimum absolute atomic E-state index is 0.169. The van der Waals surface area contributed by atoms with Gasteiger partial charge in [-0.05, 0) is 43.7 Å². The molecule has 0 bridgehead atoms. The van der Waals surface area contributed by atoms with Crippen molar-refractivity contribution in [3.05, 3.63) is 75.3 Å². The summed E-state index contributed by atoms with van der Waals surface area (Å²) < 4.78 is 5.60. The van der Waals surface area contributed by atoms with E-state index in [1.165, 1.54) is 6.08 Å². The van der Waals surface area contributed by atoms with Crippen molar-refractivity contribution >= 4 is 34.5 Å². The first-order valence-electron chi connectivity index (χ1n) is 9.89. The highest BCUT2D eigenvalue weighted by Gasteiger charge is 2.14. The topological polar surface area (TPSA) is 75.3 Å². The number of ether oxygens (including phenoxy) is 1. The average Bonchev–Trinajstić information content (AvgIpc) is 2.72. The van der Waals surface area contributed by atoms with E-state index in [1.54, 1.807) is 29.2 Å². The van der Waals surface area contributed by atoms with Gasteiger partial charge in [-0.15, -0.1) is 0 Å². The van der Waals surface area contributed by atoms with Crippen molar-refractivity contribution in [3.63, 3.8) is 0 Å². The average molecular weight is 426 g/mol. The lowest BCUT2D eigenvalue weighted by atomic mass is 10.2. The SMILES string of the molecule is CCCN(Cc1nc2cc(Cl)ccc2c(=O)[nH]1)C(=O)/C=C/c1ccccc1OCC. The Morgan fingerprint density at radius 3 is 2.80 bits per heavy atom. The van der Waals surface area contributed by atoms with Crippen LogP contribution in [0.3, 0.4) is 0 Å². The number of amides is 1. The molecule has 0 aliphatic heterocycles. The summed E-state index contributed by atoms with van der Waals surface area (Å²) >= 11 is 6.03. The third kappa shape index (κ3) is 5.27. The van der Waals surface area contributed by atoms with E-state index in [9.17, 15) is 9.59 Å². The third-order valence-corrected chi connectivity index (χ3v) is 4.72. The van der Waals surface area contributed by atoms with Crippen LogP contribution in [0.25, 0.3) is 17.0 Å². The standard InChI is InChI=1S/C23H24ClN3O3/c1-3-13-27(22(28)12-9-16-7-5-6-8-20(16)30-4-2)15-21-25-19-14-17(24)10-11-18(19)23(29)26-21/h5-12,14H,3-4,13,15H2,1-2H3,(H,25,26,29)/b12-9+. The van der Waals surface area contributed by atoms with Crippen molar-refractivity contribution in [2.24, 2.45) is 0 Å². The number of H-pyrrole nitrogens is 1. The summed E-state index contributed by atoms with van der Waals surface area (Å²) in [6.45, 7) is 5.19. The Morgan fingerprint density at radius 2 is 2.03 bits per heavy atom.